The van der Waals surface area contributed by atoms with Crippen molar-refractivity contribution < 1.29 is 13.2 Å². The number of rotatable bonds is 8. The number of anilines is 2. The van der Waals surface area contributed by atoms with Crippen molar-refractivity contribution in [2.24, 2.45) is 0 Å². The highest BCUT2D eigenvalue weighted by Crippen LogP contribution is 2.28. The van der Waals surface area contributed by atoms with Crippen molar-refractivity contribution in [2.75, 3.05) is 16.2 Å². The molecule has 0 fully saturated rings. The Hall–Kier alpha value is -3.27. The van der Waals surface area contributed by atoms with Crippen LogP contribution in [0.15, 0.2) is 83.8 Å². The third-order valence-corrected chi connectivity index (χ3v) is 8.16. The first kappa shape index (κ1) is 24.8. The zero-order valence-corrected chi connectivity index (χ0v) is 21.4. The van der Waals surface area contributed by atoms with Crippen LogP contribution in [0.25, 0.3) is 10.6 Å². The number of halogens is 1. The quantitative estimate of drug-likeness (QED) is 0.312. The third-order valence-electron chi connectivity index (χ3n) is 5.23. The first-order chi connectivity index (χ1) is 16.7. The molecule has 1 N–H and O–H groups in total. The first-order valence-electron chi connectivity index (χ1n) is 10.8. The van der Waals surface area contributed by atoms with E-state index < -0.39 is 22.5 Å². The Morgan fingerprint density at radius 3 is 2.26 bits per heavy atom. The highest BCUT2D eigenvalue weighted by molar-refractivity contribution is 7.92. The summed E-state index contributed by atoms with van der Waals surface area (Å²) in [7, 11) is -3.99. The van der Waals surface area contributed by atoms with Crippen molar-refractivity contribution in [1.29, 1.82) is 0 Å². The number of amides is 1. The fourth-order valence-corrected chi connectivity index (χ4v) is 5.67. The van der Waals surface area contributed by atoms with Gasteiger partial charge in [0.05, 0.1) is 10.6 Å². The Bertz CT molecular complexity index is 1410. The van der Waals surface area contributed by atoms with E-state index in [2.05, 4.69) is 29.4 Å². The predicted octanol–water partition coefficient (Wildman–Crippen LogP) is 5.82. The van der Waals surface area contributed by atoms with Crippen LogP contribution in [0.2, 0.25) is 5.02 Å². The minimum absolute atomic E-state index is 0.0988. The molecule has 4 rings (SSSR count). The van der Waals surface area contributed by atoms with E-state index in [1.54, 1.807) is 42.5 Å². The van der Waals surface area contributed by atoms with Crippen LogP contribution in [0.1, 0.15) is 25.3 Å². The number of benzene rings is 3. The second-order valence-electron chi connectivity index (χ2n) is 8.04. The van der Waals surface area contributed by atoms with E-state index >= 15 is 0 Å². The van der Waals surface area contributed by atoms with Crippen LogP contribution in [0, 0.1) is 0 Å². The summed E-state index contributed by atoms with van der Waals surface area (Å²) in [6.07, 6.45) is 0. The zero-order valence-electron chi connectivity index (χ0n) is 19.1. The molecule has 35 heavy (non-hydrogen) atoms. The topological polar surface area (TPSA) is 92.3 Å². The molecule has 3 aromatic carbocycles. The maximum atomic E-state index is 13.5. The van der Waals surface area contributed by atoms with Crippen LogP contribution in [-0.4, -0.2) is 31.1 Å². The second-order valence-corrected chi connectivity index (χ2v) is 11.3. The summed E-state index contributed by atoms with van der Waals surface area (Å²) in [6, 6.07) is 22.3. The van der Waals surface area contributed by atoms with Crippen molar-refractivity contribution in [2.45, 2.75) is 24.7 Å². The van der Waals surface area contributed by atoms with Gasteiger partial charge in [-0.3, -0.25) is 14.4 Å². The Morgan fingerprint density at radius 1 is 0.971 bits per heavy atom. The summed E-state index contributed by atoms with van der Waals surface area (Å²) >= 11 is 7.12. The average Bonchev–Trinajstić information content (AvgIpc) is 3.32. The summed E-state index contributed by atoms with van der Waals surface area (Å²) in [5.41, 5.74) is 2.28. The Labute approximate surface area is 213 Å². The van der Waals surface area contributed by atoms with Crippen LogP contribution in [-0.2, 0) is 14.8 Å². The molecule has 1 amide bonds. The van der Waals surface area contributed by atoms with E-state index in [4.69, 9.17) is 11.6 Å². The highest BCUT2D eigenvalue weighted by atomic mass is 35.5. The fourth-order valence-electron chi connectivity index (χ4n) is 3.33. The molecule has 0 radical (unpaired) electrons. The van der Waals surface area contributed by atoms with Gasteiger partial charge in [-0.05, 0) is 47.9 Å². The van der Waals surface area contributed by atoms with Crippen molar-refractivity contribution in [3.05, 3.63) is 89.4 Å². The molecule has 0 aliphatic heterocycles. The largest absolute Gasteiger partial charge is 0.299 e. The number of sulfonamides is 1. The van der Waals surface area contributed by atoms with Crippen LogP contribution < -0.4 is 9.62 Å². The standard InChI is InChI=1S/C25H23ClN4O3S2/c1-17(2)18-10-14-21(15-11-18)30(35(32,33)22-6-4-3-5-7-22)16-23(31)27-25-29-28-24(34-25)19-8-12-20(26)13-9-19/h3-15,17H,16H2,1-2H3,(H,27,29,31). The van der Waals surface area contributed by atoms with Gasteiger partial charge >= 0.3 is 0 Å². The Balaban J connectivity index is 1.58. The summed E-state index contributed by atoms with van der Waals surface area (Å²) in [6.45, 7) is 3.69. The van der Waals surface area contributed by atoms with Gasteiger partial charge in [0.1, 0.15) is 11.6 Å². The summed E-state index contributed by atoms with van der Waals surface area (Å²) in [4.78, 5) is 13.0. The van der Waals surface area contributed by atoms with Gasteiger partial charge in [0, 0.05) is 10.6 Å². The van der Waals surface area contributed by atoms with Crippen LogP contribution in [0.4, 0.5) is 10.8 Å². The van der Waals surface area contributed by atoms with E-state index in [-0.39, 0.29) is 10.0 Å². The minimum atomic E-state index is -3.99. The van der Waals surface area contributed by atoms with Crippen molar-refractivity contribution in [3.8, 4) is 10.6 Å². The van der Waals surface area contributed by atoms with Gasteiger partial charge in [0.25, 0.3) is 10.0 Å². The Morgan fingerprint density at radius 2 is 1.63 bits per heavy atom. The smallest absolute Gasteiger partial charge is 0.264 e. The van der Waals surface area contributed by atoms with Crippen molar-refractivity contribution in [3.63, 3.8) is 0 Å². The molecule has 0 aliphatic rings. The number of hydrogen-bond donors (Lipinski definition) is 1. The van der Waals surface area contributed by atoms with E-state index in [9.17, 15) is 13.2 Å². The SMILES string of the molecule is CC(C)c1ccc(N(CC(=O)Nc2nnc(-c3ccc(Cl)cc3)s2)S(=O)(=O)c2ccccc2)cc1. The monoisotopic (exact) mass is 526 g/mol. The Kier molecular flexibility index (Phi) is 7.49. The number of nitrogens with one attached hydrogen (secondary N) is 1. The molecule has 0 saturated heterocycles. The lowest BCUT2D eigenvalue weighted by atomic mass is 10.0. The van der Waals surface area contributed by atoms with Gasteiger partial charge in [0.15, 0.2) is 0 Å². The number of carbonyl (C=O) groups excluding carboxylic acids is 1. The molecule has 0 spiro atoms. The molecular formula is C25H23ClN4O3S2. The first-order valence-corrected chi connectivity index (χ1v) is 13.4. The average molecular weight is 527 g/mol. The van der Waals surface area contributed by atoms with Crippen LogP contribution in [0.3, 0.4) is 0 Å². The predicted molar refractivity (Wildman–Crippen MR) is 140 cm³/mol. The van der Waals surface area contributed by atoms with Gasteiger partial charge in [-0.25, -0.2) is 8.42 Å². The molecule has 7 nitrogen and oxygen atoms in total. The van der Waals surface area contributed by atoms with Gasteiger partial charge in [-0.1, -0.05) is 79.2 Å². The molecule has 0 saturated carbocycles. The lowest BCUT2D eigenvalue weighted by Gasteiger charge is -2.24. The highest BCUT2D eigenvalue weighted by Gasteiger charge is 2.27. The zero-order chi connectivity index (χ0) is 25.0. The van der Waals surface area contributed by atoms with Gasteiger partial charge < -0.3 is 0 Å². The third kappa shape index (κ3) is 5.87. The molecule has 0 unspecified atom stereocenters. The van der Waals surface area contributed by atoms with Crippen molar-refractivity contribution >= 4 is 49.7 Å². The lowest BCUT2D eigenvalue weighted by molar-refractivity contribution is -0.114. The summed E-state index contributed by atoms with van der Waals surface area (Å²) < 4.78 is 28.0. The fraction of sp³-hybridized carbons (Fsp3) is 0.160. The summed E-state index contributed by atoms with van der Waals surface area (Å²) in [5.74, 6) is -0.241. The van der Waals surface area contributed by atoms with Crippen LogP contribution in [0.5, 0.6) is 0 Å². The van der Waals surface area contributed by atoms with Gasteiger partial charge in [-0.2, -0.15) is 0 Å². The number of nitrogens with zero attached hydrogens (tertiary/aromatic N) is 3. The molecule has 1 aromatic heterocycles. The molecule has 0 aliphatic carbocycles. The lowest BCUT2D eigenvalue weighted by Crippen LogP contribution is -2.38. The molecule has 1 heterocycles. The van der Waals surface area contributed by atoms with Crippen molar-refractivity contribution in [1.82, 2.24) is 10.2 Å². The molecule has 4 aromatic rings. The van der Waals surface area contributed by atoms with Gasteiger partial charge in [0.2, 0.25) is 11.0 Å². The van der Waals surface area contributed by atoms with Gasteiger partial charge in [-0.15, -0.1) is 10.2 Å². The number of aromatic nitrogens is 2. The molecule has 10 heteroatoms. The molecular weight excluding hydrogens is 504 g/mol. The van der Waals surface area contributed by atoms with E-state index in [0.29, 0.717) is 21.6 Å². The maximum absolute atomic E-state index is 13.5. The molecule has 0 bridgehead atoms. The summed E-state index contributed by atoms with van der Waals surface area (Å²) in [5, 5.41) is 12.3. The molecule has 180 valence electrons. The maximum Gasteiger partial charge on any atom is 0.264 e. The number of carbonyl (C=O) groups is 1. The second kappa shape index (κ2) is 10.6. The van der Waals surface area contributed by atoms with E-state index in [0.717, 1.165) is 15.4 Å². The normalized spacial score (nSPS) is 11.4. The molecule has 0 atom stereocenters. The minimum Gasteiger partial charge on any atom is -0.299 e. The van der Waals surface area contributed by atoms with E-state index in [1.165, 1.54) is 23.5 Å². The van der Waals surface area contributed by atoms with Crippen LogP contribution >= 0.6 is 22.9 Å². The number of hydrogen-bond acceptors (Lipinski definition) is 6. The van der Waals surface area contributed by atoms with E-state index in [1.807, 2.05) is 24.3 Å².